The van der Waals surface area contributed by atoms with Gasteiger partial charge in [-0.15, -0.1) is 0 Å². The summed E-state index contributed by atoms with van der Waals surface area (Å²) in [5.41, 5.74) is 0. The first-order chi connectivity index (χ1) is 9.07. The molecule has 3 rings (SSSR count). The van der Waals surface area contributed by atoms with Crippen LogP contribution in [0.15, 0.2) is 0 Å². The van der Waals surface area contributed by atoms with Crippen LogP contribution in [0.3, 0.4) is 0 Å². The number of carbonyl (C=O) groups is 1. The van der Waals surface area contributed by atoms with Crippen molar-refractivity contribution in [3.8, 4) is 0 Å². The van der Waals surface area contributed by atoms with E-state index in [9.17, 15) is 13.2 Å². The Bertz CT molecular complexity index is 459. The summed E-state index contributed by atoms with van der Waals surface area (Å²) >= 11 is 0. The molecule has 3 aliphatic rings. The smallest absolute Gasteiger partial charge is 0.281 e. The van der Waals surface area contributed by atoms with Crippen molar-refractivity contribution in [1.82, 2.24) is 13.9 Å². The number of rotatable bonds is 2. The lowest BCUT2D eigenvalue weighted by molar-refractivity contribution is -0.124. The molecule has 3 saturated heterocycles. The first-order valence-electron chi connectivity index (χ1n) is 7.12. The lowest BCUT2D eigenvalue weighted by atomic mass is 9.86. The van der Waals surface area contributed by atoms with Crippen LogP contribution in [0.25, 0.3) is 0 Å². The van der Waals surface area contributed by atoms with Crippen LogP contribution >= 0.6 is 0 Å². The Morgan fingerprint density at radius 3 is 2.53 bits per heavy atom. The fourth-order valence-corrected chi connectivity index (χ4v) is 5.13. The minimum Gasteiger partial charge on any atom is -0.353 e. The average molecular weight is 287 g/mol. The van der Waals surface area contributed by atoms with Crippen molar-refractivity contribution in [3.63, 3.8) is 0 Å². The normalized spacial score (nSPS) is 34.0. The molecule has 2 unspecified atom stereocenters. The third-order valence-corrected chi connectivity index (χ3v) is 6.50. The molecule has 0 aromatic rings. The van der Waals surface area contributed by atoms with E-state index < -0.39 is 10.2 Å². The van der Waals surface area contributed by atoms with Crippen LogP contribution in [-0.2, 0) is 15.0 Å². The van der Waals surface area contributed by atoms with Crippen molar-refractivity contribution in [2.75, 3.05) is 26.2 Å². The van der Waals surface area contributed by atoms with E-state index >= 15 is 0 Å². The minimum absolute atomic E-state index is 0.108. The van der Waals surface area contributed by atoms with Crippen LogP contribution in [0.2, 0.25) is 0 Å². The minimum atomic E-state index is -3.27. The van der Waals surface area contributed by atoms with E-state index in [1.807, 2.05) is 0 Å². The topological polar surface area (TPSA) is 69.7 Å². The van der Waals surface area contributed by atoms with Gasteiger partial charge in [0.25, 0.3) is 10.2 Å². The first-order valence-corrected chi connectivity index (χ1v) is 8.51. The van der Waals surface area contributed by atoms with Gasteiger partial charge >= 0.3 is 0 Å². The van der Waals surface area contributed by atoms with Crippen LogP contribution in [0.5, 0.6) is 0 Å². The molecule has 7 heteroatoms. The highest BCUT2D eigenvalue weighted by atomic mass is 32.2. The Morgan fingerprint density at radius 2 is 1.79 bits per heavy atom. The number of fused-ring (bicyclic) bond motifs is 1. The Morgan fingerprint density at radius 1 is 1.05 bits per heavy atom. The summed E-state index contributed by atoms with van der Waals surface area (Å²) < 4.78 is 28.2. The van der Waals surface area contributed by atoms with Gasteiger partial charge in [-0.3, -0.25) is 4.79 Å². The van der Waals surface area contributed by atoms with E-state index in [2.05, 4.69) is 5.32 Å². The number of amides is 1. The van der Waals surface area contributed by atoms with Crippen molar-refractivity contribution in [2.45, 2.75) is 38.1 Å². The lowest BCUT2D eigenvalue weighted by Gasteiger charge is -2.41. The van der Waals surface area contributed by atoms with E-state index in [0.29, 0.717) is 32.6 Å². The molecule has 0 saturated carbocycles. The first kappa shape index (κ1) is 13.3. The van der Waals surface area contributed by atoms with E-state index in [1.165, 1.54) is 0 Å². The highest BCUT2D eigenvalue weighted by Gasteiger charge is 2.40. The molecule has 0 aromatic carbocycles. The average Bonchev–Trinajstić information content (AvgIpc) is 2.92. The molecular weight excluding hydrogens is 266 g/mol. The fourth-order valence-electron chi connectivity index (χ4n) is 3.37. The number of carbonyl (C=O) groups excluding carboxylic acids is 1. The summed E-state index contributed by atoms with van der Waals surface area (Å²) in [5, 5.41) is 2.99. The van der Waals surface area contributed by atoms with Crippen LogP contribution in [-0.4, -0.2) is 55.2 Å². The molecular formula is C12H21N3O3S. The van der Waals surface area contributed by atoms with Gasteiger partial charge in [0.15, 0.2) is 0 Å². The van der Waals surface area contributed by atoms with Gasteiger partial charge in [0.1, 0.15) is 0 Å². The standard InChI is InChI=1S/C12H21N3O3S/c16-12-4-3-10-9-15(8-5-11(10)13-12)19(17,18)14-6-1-2-7-14/h10-11H,1-9H2,(H,13,16). The summed E-state index contributed by atoms with van der Waals surface area (Å²) in [6.45, 7) is 2.40. The number of nitrogens with one attached hydrogen (secondary N) is 1. The van der Waals surface area contributed by atoms with Gasteiger partial charge in [0.05, 0.1) is 0 Å². The van der Waals surface area contributed by atoms with Gasteiger partial charge in [-0.1, -0.05) is 0 Å². The van der Waals surface area contributed by atoms with E-state index in [1.54, 1.807) is 8.61 Å². The number of nitrogens with zero attached hydrogens (tertiary/aromatic N) is 2. The van der Waals surface area contributed by atoms with Crippen LogP contribution < -0.4 is 5.32 Å². The quantitative estimate of drug-likeness (QED) is 0.773. The molecule has 1 N–H and O–H groups in total. The maximum atomic E-state index is 12.5. The Labute approximate surface area is 114 Å². The summed E-state index contributed by atoms with van der Waals surface area (Å²) in [6, 6.07) is 0.172. The molecule has 1 amide bonds. The van der Waals surface area contributed by atoms with Gasteiger partial charge in [0, 0.05) is 38.6 Å². The second-order valence-corrected chi connectivity index (χ2v) is 7.66. The monoisotopic (exact) mass is 287 g/mol. The molecule has 6 nitrogen and oxygen atoms in total. The maximum absolute atomic E-state index is 12.5. The van der Waals surface area contributed by atoms with Crippen molar-refractivity contribution in [3.05, 3.63) is 0 Å². The van der Waals surface area contributed by atoms with Crippen LogP contribution in [0.4, 0.5) is 0 Å². The summed E-state index contributed by atoms with van der Waals surface area (Å²) in [5.74, 6) is 0.390. The molecule has 0 aromatic heterocycles. The van der Waals surface area contributed by atoms with Gasteiger partial charge in [0.2, 0.25) is 5.91 Å². The van der Waals surface area contributed by atoms with Crippen molar-refractivity contribution < 1.29 is 13.2 Å². The third kappa shape index (κ3) is 2.51. The number of hydrogen-bond donors (Lipinski definition) is 1. The van der Waals surface area contributed by atoms with Crippen molar-refractivity contribution in [1.29, 1.82) is 0 Å². The maximum Gasteiger partial charge on any atom is 0.281 e. The fraction of sp³-hybridized carbons (Fsp3) is 0.917. The predicted molar refractivity (Wildman–Crippen MR) is 70.6 cm³/mol. The van der Waals surface area contributed by atoms with E-state index in [0.717, 1.165) is 25.7 Å². The molecule has 3 aliphatic heterocycles. The van der Waals surface area contributed by atoms with Gasteiger partial charge in [-0.25, -0.2) is 0 Å². The highest BCUT2D eigenvalue weighted by Crippen LogP contribution is 2.28. The summed E-state index contributed by atoms with van der Waals surface area (Å²) in [6.07, 6.45) is 4.01. The highest BCUT2D eigenvalue weighted by molar-refractivity contribution is 7.86. The van der Waals surface area contributed by atoms with Crippen LogP contribution in [0, 0.1) is 5.92 Å². The molecule has 2 atom stereocenters. The van der Waals surface area contributed by atoms with Gasteiger partial charge in [-0.2, -0.15) is 17.0 Å². The summed E-state index contributed by atoms with van der Waals surface area (Å²) in [4.78, 5) is 11.4. The van der Waals surface area contributed by atoms with Crippen LogP contribution in [0.1, 0.15) is 32.1 Å². The Hall–Kier alpha value is -0.660. The molecule has 0 bridgehead atoms. The molecule has 0 aliphatic carbocycles. The van der Waals surface area contributed by atoms with Gasteiger partial charge < -0.3 is 5.32 Å². The largest absolute Gasteiger partial charge is 0.353 e. The molecule has 0 radical (unpaired) electrons. The zero-order valence-electron chi connectivity index (χ0n) is 11.0. The van der Waals surface area contributed by atoms with Gasteiger partial charge in [-0.05, 0) is 31.6 Å². The molecule has 3 heterocycles. The SMILES string of the molecule is O=C1CCC2CN(S(=O)(=O)N3CCCC3)CCC2N1. The molecule has 19 heavy (non-hydrogen) atoms. The zero-order valence-corrected chi connectivity index (χ0v) is 11.9. The van der Waals surface area contributed by atoms with E-state index in [4.69, 9.17) is 0 Å². The lowest BCUT2D eigenvalue weighted by Crippen LogP contribution is -2.56. The second-order valence-electron chi connectivity index (χ2n) is 5.73. The molecule has 0 spiro atoms. The molecule has 3 fully saturated rings. The van der Waals surface area contributed by atoms with E-state index in [-0.39, 0.29) is 17.9 Å². The molecule has 108 valence electrons. The van der Waals surface area contributed by atoms with Crippen molar-refractivity contribution >= 4 is 16.1 Å². The summed E-state index contributed by atoms with van der Waals surface area (Å²) in [7, 11) is -3.27. The zero-order chi connectivity index (χ0) is 13.5. The second kappa shape index (κ2) is 5.03. The Balaban J connectivity index is 1.69. The Kier molecular flexibility index (Phi) is 3.53. The number of piperidine rings is 2. The third-order valence-electron chi connectivity index (χ3n) is 4.50. The number of hydrogen-bond acceptors (Lipinski definition) is 3. The predicted octanol–water partition coefficient (Wildman–Crippen LogP) is -0.0725. The van der Waals surface area contributed by atoms with Crippen molar-refractivity contribution in [2.24, 2.45) is 5.92 Å².